The van der Waals surface area contributed by atoms with Gasteiger partial charge in [-0.15, -0.1) is 10.2 Å². The Morgan fingerprint density at radius 2 is 1.69 bits per heavy atom. The summed E-state index contributed by atoms with van der Waals surface area (Å²) in [5.41, 5.74) is 1.18. The number of hydrogen-bond acceptors (Lipinski definition) is 9. The molecular weight excluding hydrogens is 382 g/mol. The first kappa shape index (κ1) is 19.9. The predicted octanol–water partition coefficient (Wildman–Crippen LogP) is 3.56. The average Bonchev–Trinajstić information content (AvgIpc) is 3.20. The van der Waals surface area contributed by atoms with Crippen molar-refractivity contribution in [1.82, 2.24) is 10.2 Å². The van der Waals surface area contributed by atoms with Crippen LogP contribution in [0.2, 0.25) is 0 Å². The van der Waals surface area contributed by atoms with E-state index in [0.29, 0.717) is 22.8 Å². The average molecular weight is 401 g/mol. The summed E-state index contributed by atoms with van der Waals surface area (Å²) in [6.45, 7) is 1.64. The Balaban J connectivity index is 1.83. The zero-order valence-electron chi connectivity index (χ0n) is 16.3. The van der Waals surface area contributed by atoms with Crippen LogP contribution in [0.3, 0.4) is 0 Å². The molecular formula is C19H19N3O7. The zero-order valence-corrected chi connectivity index (χ0v) is 16.3. The lowest BCUT2D eigenvalue weighted by Crippen LogP contribution is -1.99. The molecule has 0 aliphatic heterocycles. The number of nitro groups is 1. The molecule has 0 saturated heterocycles. The summed E-state index contributed by atoms with van der Waals surface area (Å²) in [6.07, 6.45) is 0. The normalized spacial score (nSPS) is 10.5. The lowest BCUT2D eigenvalue weighted by Gasteiger charge is -2.12. The molecule has 0 spiro atoms. The van der Waals surface area contributed by atoms with Gasteiger partial charge in [-0.3, -0.25) is 10.1 Å². The molecule has 0 amide bonds. The minimum atomic E-state index is -0.502. The van der Waals surface area contributed by atoms with E-state index in [1.54, 1.807) is 25.1 Å². The fourth-order valence-corrected chi connectivity index (χ4v) is 2.66. The van der Waals surface area contributed by atoms with E-state index in [1.165, 1.54) is 33.5 Å². The van der Waals surface area contributed by atoms with Crippen molar-refractivity contribution in [3.05, 3.63) is 51.9 Å². The minimum absolute atomic E-state index is 0.119. The molecule has 152 valence electrons. The first-order chi connectivity index (χ1) is 14.0. The summed E-state index contributed by atoms with van der Waals surface area (Å²) in [6, 6.07) is 8.03. The topological polar surface area (TPSA) is 119 Å². The zero-order chi connectivity index (χ0) is 21.0. The lowest BCUT2D eigenvalue weighted by molar-refractivity contribution is -0.386. The van der Waals surface area contributed by atoms with Gasteiger partial charge in [0.25, 0.3) is 5.89 Å². The maximum absolute atomic E-state index is 11.2. The van der Waals surface area contributed by atoms with E-state index in [9.17, 15) is 10.1 Å². The molecule has 0 unspecified atom stereocenters. The van der Waals surface area contributed by atoms with Gasteiger partial charge in [0, 0.05) is 11.6 Å². The Kier molecular flexibility index (Phi) is 5.82. The van der Waals surface area contributed by atoms with Crippen molar-refractivity contribution in [3.8, 4) is 34.5 Å². The standard InChI is InChI=1S/C19H19N3O7/c1-11-5-6-14(13(7-11)22(23)24)28-10-17-20-21-19(29-17)12-8-15(25-2)18(27-4)16(9-12)26-3/h5-9H,10H2,1-4H3. The van der Waals surface area contributed by atoms with Crippen LogP contribution in [0.25, 0.3) is 11.5 Å². The fourth-order valence-electron chi connectivity index (χ4n) is 2.66. The number of ether oxygens (including phenoxy) is 4. The summed E-state index contributed by atoms with van der Waals surface area (Å²) >= 11 is 0. The first-order valence-electron chi connectivity index (χ1n) is 8.47. The van der Waals surface area contributed by atoms with Crippen molar-refractivity contribution in [3.63, 3.8) is 0 Å². The minimum Gasteiger partial charge on any atom is -0.493 e. The van der Waals surface area contributed by atoms with Crippen molar-refractivity contribution in [1.29, 1.82) is 0 Å². The molecule has 0 saturated carbocycles. The smallest absolute Gasteiger partial charge is 0.311 e. The van der Waals surface area contributed by atoms with Crippen LogP contribution in [-0.4, -0.2) is 36.5 Å². The van der Waals surface area contributed by atoms with Crippen molar-refractivity contribution in [2.75, 3.05) is 21.3 Å². The maximum Gasteiger partial charge on any atom is 0.311 e. The van der Waals surface area contributed by atoms with Crippen LogP contribution in [-0.2, 0) is 6.61 Å². The third kappa shape index (κ3) is 4.21. The number of nitro benzene ring substituents is 1. The molecule has 29 heavy (non-hydrogen) atoms. The largest absolute Gasteiger partial charge is 0.493 e. The number of aryl methyl sites for hydroxylation is 1. The monoisotopic (exact) mass is 401 g/mol. The van der Waals surface area contributed by atoms with Gasteiger partial charge in [0.2, 0.25) is 11.6 Å². The number of hydrogen-bond donors (Lipinski definition) is 0. The highest BCUT2D eigenvalue weighted by Crippen LogP contribution is 2.41. The van der Waals surface area contributed by atoms with Crippen LogP contribution in [0.1, 0.15) is 11.5 Å². The third-order valence-corrected chi connectivity index (χ3v) is 4.04. The molecule has 3 aromatic rings. The summed E-state index contributed by atoms with van der Waals surface area (Å²) < 4.78 is 27.0. The van der Waals surface area contributed by atoms with E-state index in [0.717, 1.165) is 5.56 Å². The highest BCUT2D eigenvalue weighted by Gasteiger charge is 2.19. The van der Waals surface area contributed by atoms with E-state index in [4.69, 9.17) is 23.4 Å². The van der Waals surface area contributed by atoms with Crippen LogP contribution in [0.4, 0.5) is 5.69 Å². The van der Waals surface area contributed by atoms with Crippen LogP contribution >= 0.6 is 0 Å². The molecule has 2 aromatic carbocycles. The highest BCUT2D eigenvalue weighted by atomic mass is 16.6. The molecule has 10 nitrogen and oxygen atoms in total. The van der Waals surface area contributed by atoms with Gasteiger partial charge in [-0.05, 0) is 30.7 Å². The van der Waals surface area contributed by atoms with Crippen LogP contribution in [0.15, 0.2) is 34.7 Å². The second-order valence-electron chi connectivity index (χ2n) is 5.93. The molecule has 0 aliphatic rings. The van der Waals surface area contributed by atoms with Crippen molar-refractivity contribution < 1.29 is 28.3 Å². The van der Waals surface area contributed by atoms with E-state index in [-0.39, 0.29) is 29.8 Å². The molecule has 3 rings (SSSR count). The molecule has 10 heteroatoms. The van der Waals surface area contributed by atoms with E-state index < -0.39 is 4.92 Å². The highest BCUT2D eigenvalue weighted by molar-refractivity contribution is 5.65. The van der Waals surface area contributed by atoms with E-state index >= 15 is 0 Å². The SMILES string of the molecule is COc1cc(-c2nnc(COc3ccc(C)cc3[N+](=O)[O-])o2)cc(OC)c1OC. The molecule has 0 aliphatic carbocycles. The summed E-state index contributed by atoms with van der Waals surface area (Å²) in [5, 5.41) is 19.1. The van der Waals surface area contributed by atoms with Gasteiger partial charge in [0.15, 0.2) is 23.9 Å². The van der Waals surface area contributed by atoms with Gasteiger partial charge >= 0.3 is 5.69 Å². The third-order valence-electron chi connectivity index (χ3n) is 4.04. The summed E-state index contributed by atoms with van der Waals surface area (Å²) in [7, 11) is 4.51. The molecule has 0 radical (unpaired) electrons. The van der Waals surface area contributed by atoms with E-state index in [1.807, 2.05) is 0 Å². The number of rotatable bonds is 8. The van der Waals surface area contributed by atoms with Gasteiger partial charge in [-0.1, -0.05) is 6.07 Å². The number of nitrogens with zero attached hydrogens (tertiary/aromatic N) is 3. The summed E-state index contributed by atoms with van der Waals surface area (Å²) in [4.78, 5) is 10.7. The van der Waals surface area contributed by atoms with Crippen molar-refractivity contribution >= 4 is 5.69 Å². The molecule has 1 aromatic heterocycles. The lowest BCUT2D eigenvalue weighted by atomic mass is 10.2. The number of benzene rings is 2. The van der Waals surface area contributed by atoms with Gasteiger partial charge in [-0.25, -0.2) is 0 Å². The second-order valence-corrected chi connectivity index (χ2v) is 5.93. The number of methoxy groups -OCH3 is 3. The first-order valence-corrected chi connectivity index (χ1v) is 8.47. The second kappa shape index (κ2) is 8.46. The Morgan fingerprint density at radius 3 is 2.28 bits per heavy atom. The van der Waals surface area contributed by atoms with Gasteiger partial charge in [-0.2, -0.15) is 0 Å². The Labute approximate surface area is 166 Å². The Hall–Kier alpha value is -3.82. The Morgan fingerprint density at radius 1 is 1.00 bits per heavy atom. The predicted molar refractivity (Wildman–Crippen MR) is 102 cm³/mol. The fraction of sp³-hybridized carbons (Fsp3) is 0.263. The van der Waals surface area contributed by atoms with Crippen LogP contribution in [0.5, 0.6) is 23.0 Å². The molecule has 1 heterocycles. The quantitative estimate of drug-likeness (QED) is 0.412. The summed E-state index contributed by atoms with van der Waals surface area (Å²) in [5.74, 6) is 1.80. The van der Waals surface area contributed by atoms with Gasteiger partial charge < -0.3 is 23.4 Å². The van der Waals surface area contributed by atoms with E-state index in [2.05, 4.69) is 10.2 Å². The maximum atomic E-state index is 11.2. The van der Waals surface area contributed by atoms with Crippen LogP contribution < -0.4 is 18.9 Å². The number of aromatic nitrogens is 2. The van der Waals surface area contributed by atoms with Crippen molar-refractivity contribution in [2.45, 2.75) is 13.5 Å². The molecule has 0 N–H and O–H groups in total. The Bertz CT molecular complexity index is 1010. The molecule has 0 fully saturated rings. The van der Waals surface area contributed by atoms with Crippen LogP contribution in [0, 0.1) is 17.0 Å². The van der Waals surface area contributed by atoms with Gasteiger partial charge in [0.05, 0.1) is 26.3 Å². The molecule has 0 bridgehead atoms. The van der Waals surface area contributed by atoms with Gasteiger partial charge in [0.1, 0.15) is 0 Å². The molecule has 0 atom stereocenters. The van der Waals surface area contributed by atoms with Crippen molar-refractivity contribution in [2.24, 2.45) is 0 Å².